The summed E-state index contributed by atoms with van der Waals surface area (Å²) < 4.78 is 40.6. The molecule has 0 aliphatic carbocycles. The standard InChI is InChI=1S/C20H22F3N3O2/c1-25-18(27)11-10-17(24-25)19(28)26-12-4-5-14(13-26)8-9-15-6-2-3-7-16(15)20(21,22)23/h2-3,6-7,10-11,14H,4-5,8-9,12-13H2,1H3. The first kappa shape index (κ1) is 20.1. The van der Waals surface area contributed by atoms with Crippen molar-refractivity contribution in [1.29, 1.82) is 0 Å². The number of likely N-dealkylation sites (tertiary alicyclic amines) is 1. The first-order chi connectivity index (χ1) is 13.3. The topological polar surface area (TPSA) is 55.2 Å². The fourth-order valence-corrected chi connectivity index (χ4v) is 3.64. The lowest BCUT2D eigenvalue weighted by molar-refractivity contribution is -0.138. The predicted octanol–water partition coefficient (Wildman–Crippen LogP) is 3.28. The van der Waals surface area contributed by atoms with Crippen molar-refractivity contribution in [2.45, 2.75) is 31.9 Å². The van der Waals surface area contributed by atoms with Crippen molar-refractivity contribution in [3.05, 3.63) is 63.6 Å². The van der Waals surface area contributed by atoms with Crippen LogP contribution in [0.3, 0.4) is 0 Å². The van der Waals surface area contributed by atoms with Crippen LogP contribution in [-0.4, -0.2) is 33.7 Å². The van der Waals surface area contributed by atoms with Gasteiger partial charge < -0.3 is 4.90 Å². The van der Waals surface area contributed by atoms with Gasteiger partial charge >= 0.3 is 6.18 Å². The van der Waals surface area contributed by atoms with E-state index in [9.17, 15) is 22.8 Å². The molecule has 8 heteroatoms. The summed E-state index contributed by atoms with van der Waals surface area (Å²) in [6.07, 6.45) is -1.79. The van der Waals surface area contributed by atoms with Crippen LogP contribution in [0.2, 0.25) is 0 Å². The smallest absolute Gasteiger partial charge is 0.337 e. The number of rotatable bonds is 4. The Labute approximate surface area is 160 Å². The average molecular weight is 393 g/mol. The SMILES string of the molecule is Cn1nc(C(=O)N2CCCC(CCc3ccccc3C(F)(F)F)C2)ccc1=O. The van der Waals surface area contributed by atoms with E-state index in [1.54, 1.807) is 11.0 Å². The number of amides is 1. The molecule has 1 aliphatic heterocycles. The van der Waals surface area contributed by atoms with Gasteiger partial charge in [0.15, 0.2) is 0 Å². The average Bonchev–Trinajstić information content (AvgIpc) is 2.67. The first-order valence-corrected chi connectivity index (χ1v) is 9.24. The van der Waals surface area contributed by atoms with Crippen molar-refractivity contribution in [1.82, 2.24) is 14.7 Å². The van der Waals surface area contributed by atoms with E-state index in [-0.39, 0.29) is 28.6 Å². The van der Waals surface area contributed by atoms with Gasteiger partial charge in [-0.05, 0) is 49.3 Å². The van der Waals surface area contributed by atoms with Crippen molar-refractivity contribution in [3.8, 4) is 0 Å². The van der Waals surface area contributed by atoms with E-state index in [1.807, 2.05) is 0 Å². The maximum absolute atomic E-state index is 13.1. The summed E-state index contributed by atoms with van der Waals surface area (Å²) in [5.74, 6) is -0.123. The minimum absolute atomic E-state index is 0.131. The van der Waals surface area contributed by atoms with Crippen LogP contribution in [-0.2, 0) is 19.6 Å². The lowest BCUT2D eigenvalue weighted by atomic mass is 9.90. The number of benzene rings is 1. The fraction of sp³-hybridized carbons (Fsp3) is 0.450. The number of hydrogen-bond acceptors (Lipinski definition) is 3. The lowest BCUT2D eigenvalue weighted by Gasteiger charge is -2.32. The molecule has 28 heavy (non-hydrogen) atoms. The molecule has 0 bridgehead atoms. The molecule has 2 heterocycles. The highest BCUT2D eigenvalue weighted by molar-refractivity contribution is 5.92. The summed E-state index contributed by atoms with van der Waals surface area (Å²) in [6.45, 7) is 1.07. The van der Waals surface area contributed by atoms with E-state index < -0.39 is 11.7 Å². The van der Waals surface area contributed by atoms with Crippen LogP contribution in [0.1, 0.15) is 40.9 Å². The monoisotopic (exact) mass is 393 g/mol. The number of halogens is 3. The van der Waals surface area contributed by atoms with Crippen molar-refractivity contribution >= 4 is 5.91 Å². The molecular formula is C20H22F3N3O2. The third-order valence-electron chi connectivity index (χ3n) is 5.13. The van der Waals surface area contributed by atoms with Gasteiger partial charge in [0.1, 0.15) is 5.69 Å². The number of piperidine rings is 1. The Morgan fingerprint density at radius 1 is 1.21 bits per heavy atom. The molecule has 1 aromatic heterocycles. The van der Waals surface area contributed by atoms with E-state index in [0.717, 1.165) is 23.6 Å². The summed E-state index contributed by atoms with van der Waals surface area (Å²) >= 11 is 0. The Morgan fingerprint density at radius 2 is 1.96 bits per heavy atom. The van der Waals surface area contributed by atoms with Crippen molar-refractivity contribution in [2.24, 2.45) is 13.0 Å². The maximum atomic E-state index is 13.1. The van der Waals surface area contributed by atoms with Crippen molar-refractivity contribution in [3.63, 3.8) is 0 Å². The minimum atomic E-state index is -4.36. The molecule has 0 radical (unpaired) electrons. The van der Waals surface area contributed by atoms with E-state index in [1.165, 1.54) is 31.3 Å². The number of hydrogen-bond donors (Lipinski definition) is 0. The van der Waals surface area contributed by atoms with Gasteiger partial charge in [-0.3, -0.25) is 9.59 Å². The summed E-state index contributed by atoms with van der Waals surface area (Å²) in [5.41, 5.74) is -0.395. The highest BCUT2D eigenvalue weighted by atomic mass is 19.4. The Morgan fingerprint density at radius 3 is 2.68 bits per heavy atom. The van der Waals surface area contributed by atoms with Gasteiger partial charge in [-0.2, -0.15) is 18.3 Å². The van der Waals surface area contributed by atoms with Crippen LogP contribution in [0, 0.1) is 5.92 Å². The molecule has 0 spiro atoms. The normalized spacial score (nSPS) is 17.6. The quantitative estimate of drug-likeness (QED) is 0.801. The van der Waals surface area contributed by atoms with Gasteiger partial charge in [-0.25, -0.2) is 4.68 Å². The number of carbonyl (C=O) groups is 1. The largest absolute Gasteiger partial charge is 0.416 e. The van der Waals surface area contributed by atoms with Crippen LogP contribution in [0.5, 0.6) is 0 Å². The predicted molar refractivity (Wildman–Crippen MR) is 97.9 cm³/mol. The zero-order valence-corrected chi connectivity index (χ0v) is 15.6. The summed E-state index contributed by atoms with van der Waals surface area (Å²) in [5, 5.41) is 3.99. The van der Waals surface area contributed by atoms with Crippen LogP contribution < -0.4 is 5.56 Å². The molecule has 1 aromatic carbocycles. The zero-order valence-electron chi connectivity index (χ0n) is 15.6. The van der Waals surface area contributed by atoms with Crippen LogP contribution in [0.15, 0.2) is 41.2 Å². The Bertz CT molecular complexity index is 908. The third-order valence-corrected chi connectivity index (χ3v) is 5.13. The molecule has 1 fully saturated rings. The number of carbonyl (C=O) groups excluding carboxylic acids is 1. The summed E-state index contributed by atoms with van der Waals surface area (Å²) in [4.78, 5) is 25.8. The number of nitrogens with zero attached hydrogens (tertiary/aromatic N) is 3. The molecule has 1 atom stereocenters. The van der Waals surface area contributed by atoms with Crippen LogP contribution in [0.4, 0.5) is 13.2 Å². The molecule has 0 N–H and O–H groups in total. The van der Waals surface area contributed by atoms with E-state index in [2.05, 4.69) is 5.10 Å². The van der Waals surface area contributed by atoms with Gasteiger partial charge in [0.05, 0.1) is 5.56 Å². The highest BCUT2D eigenvalue weighted by Gasteiger charge is 2.33. The molecule has 2 aromatic rings. The third kappa shape index (κ3) is 4.61. The first-order valence-electron chi connectivity index (χ1n) is 9.24. The van der Waals surface area contributed by atoms with Gasteiger partial charge in [-0.15, -0.1) is 0 Å². The second-order valence-corrected chi connectivity index (χ2v) is 7.13. The Kier molecular flexibility index (Phi) is 5.86. The molecule has 1 unspecified atom stereocenters. The number of alkyl halides is 3. The molecular weight excluding hydrogens is 371 g/mol. The summed E-state index contributed by atoms with van der Waals surface area (Å²) in [7, 11) is 1.48. The maximum Gasteiger partial charge on any atom is 0.416 e. The molecule has 1 saturated heterocycles. The van der Waals surface area contributed by atoms with Gasteiger partial charge in [0, 0.05) is 26.2 Å². The second kappa shape index (κ2) is 8.16. The van der Waals surface area contributed by atoms with Crippen molar-refractivity contribution < 1.29 is 18.0 Å². The highest BCUT2D eigenvalue weighted by Crippen LogP contribution is 2.33. The van der Waals surface area contributed by atoms with Gasteiger partial charge in [-0.1, -0.05) is 18.2 Å². The number of aromatic nitrogens is 2. The van der Waals surface area contributed by atoms with Crippen LogP contribution >= 0.6 is 0 Å². The van der Waals surface area contributed by atoms with E-state index in [0.29, 0.717) is 25.9 Å². The van der Waals surface area contributed by atoms with Crippen LogP contribution in [0.25, 0.3) is 0 Å². The molecule has 5 nitrogen and oxygen atoms in total. The Balaban J connectivity index is 1.65. The van der Waals surface area contributed by atoms with E-state index in [4.69, 9.17) is 0 Å². The lowest BCUT2D eigenvalue weighted by Crippen LogP contribution is -2.41. The molecule has 1 amide bonds. The van der Waals surface area contributed by atoms with Gasteiger partial charge in [0.2, 0.25) is 0 Å². The Hall–Kier alpha value is -2.64. The molecule has 150 valence electrons. The van der Waals surface area contributed by atoms with E-state index >= 15 is 0 Å². The second-order valence-electron chi connectivity index (χ2n) is 7.13. The number of aryl methyl sites for hydroxylation is 2. The van der Waals surface area contributed by atoms with Gasteiger partial charge in [0.25, 0.3) is 11.5 Å². The fourth-order valence-electron chi connectivity index (χ4n) is 3.64. The molecule has 3 rings (SSSR count). The molecule has 0 saturated carbocycles. The zero-order chi connectivity index (χ0) is 20.3. The summed E-state index contributed by atoms with van der Waals surface area (Å²) in [6, 6.07) is 8.35. The molecule has 1 aliphatic rings. The minimum Gasteiger partial charge on any atom is -0.337 e. The van der Waals surface area contributed by atoms with Crippen molar-refractivity contribution in [2.75, 3.05) is 13.1 Å².